The van der Waals surface area contributed by atoms with E-state index in [4.69, 9.17) is 0 Å². The van der Waals surface area contributed by atoms with Crippen LogP contribution in [-0.4, -0.2) is 40.1 Å². The van der Waals surface area contributed by atoms with Crippen molar-refractivity contribution in [2.75, 3.05) is 23.7 Å². The van der Waals surface area contributed by atoms with Crippen LogP contribution in [0.25, 0.3) is 0 Å². The van der Waals surface area contributed by atoms with Crippen molar-refractivity contribution in [3.05, 3.63) is 69.7 Å². The van der Waals surface area contributed by atoms with Crippen LogP contribution in [-0.2, 0) is 0 Å². The van der Waals surface area contributed by atoms with Crippen LogP contribution in [0.1, 0.15) is 44.7 Å². The minimum atomic E-state index is -0.250. The number of carbonyl (C=O) groups excluding carboxylic acids is 2. The fourth-order valence-electron chi connectivity index (χ4n) is 3.61. The quantitative estimate of drug-likeness (QED) is 0.615. The average molecular weight is 436 g/mol. The number of rotatable bonds is 4. The van der Waals surface area contributed by atoms with E-state index in [9.17, 15) is 9.59 Å². The highest BCUT2D eigenvalue weighted by molar-refractivity contribution is 7.13. The summed E-state index contributed by atoms with van der Waals surface area (Å²) >= 11 is 1.33. The number of hydrogen-bond donors (Lipinski definition) is 2. The summed E-state index contributed by atoms with van der Waals surface area (Å²) in [5.74, 6) is -0.0409. The molecule has 160 valence electrons. The van der Waals surface area contributed by atoms with Crippen molar-refractivity contribution in [1.82, 2.24) is 15.1 Å². The zero-order chi connectivity index (χ0) is 21.8. The molecule has 4 rings (SSSR count). The van der Waals surface area contributed by atoms with Crippen molar-refractivity contribution < 1.29 is 9.59 Å². The second kappa shape index (κ2) is 9.26. The Kier molecular flexibility index (Phi) is 6.27. The number of nitrogens with one attached hydrogen (secondary N) is 2. The summed E-state index contributed by atoms with van der Waals surface area (Å²) in [6.45, 7) is 5.34. The summed E-state index contributed by atoms with van der Waals surface area (Å²) in [6, 6.07) is 15.1. The number of carbonyl (C=O) groups is 2. The first-order valence-electron chi connectivity index (χ1n) is 10.3. The molecule has 0 bridgehead atoms. The van der Waals surface area contributed by atoms with Crippen LogP contribution in [0, 0.1) is 13.8 Å². The molecule has 31 heavy (non-hydrogen) atoms. The Hall–Kier alpha value is -3.26. The number of hydrogen-bond acceptors (Lipinski definition) is 5. The number of urea groups is 1. The zero-order valence-electron chi connectivity index (χ0n) is 17.6. The van der Waals surface area contributed by atoms with Crippen molar-refractivity contribution in [2.45, 2.75) is 32.6 Å². The van der Waals surface area contributed by atoms with Crippen molar-refractivity contribution in [3.63, 3.8) is 0 Å². The molecular formula is C23H25N5O2S. The van der Waals surface area contributed by atoms with Crippen LogP contribution in [0.5, 0.6) is 0 Å². The molecule has 2 heterocycles. The maximum Gasteiger partial charge on any atom is 0.321 e. The fourth-order valence-corrected chi connectivity index (χ4v) is 4.52. The minimum Gasteiger partial charge on any atom is -0.324 e. The van der Waals surface area contributed by atoms with Crippen molar-refractivity contribution in [3.8, 4) is 0 Å². The minimum absolute atomic E-state index is 0.0765. The molecule has 2 aromatic carbocycles. The van der Waals surface area contributed by atoms with Crippen molar-refractivity contribution in [1.29, 1.82) is 0 Å². The molecule has 0 saturated carbocycles. The van der Waals surface area contributed by atoms with Crippen molar-refractivity contribution >= 4 is 34.6 Å². The number of para-hydroxylation sites is 1. The first-order valence-corrected chi connectivity index (χ1v) is 11.1. The standard InChI is InChI=1S/C23H25N5O2S/c1-15-7-6-10-19(16(15)2)25-23(30)28-13-11-17(12-14-28)21-26-27-22(31-21)20(29)24-18-8-4-3-5-9-18/h3-10,17H,11-14H2,1-2H3,(H,24,29)(H,25,30). The third kappa shape index (κ3) is 4.91. The summed E-state index contributed by atoms with van der Waals surface area (Å²) < 4.78 is 0. The predicted octanol–water partition coefficient (Wildman–Crippen LogP) is 4.82. The Balaban J connectivity index is 1.32. The van der Waals surface area contributed by atoms with E-state index >= 15 is 0 Å². The fraction of sp³-hybridized carbons (Fsp3) is 0.304. The molecular weight excluding hydrogens is 410 g/mol. The SMILES string of the molecule is Cc1cccc(NC(=O)N2CCC(c3nnc(C(=O)Nc4ccccc4)s3)CC2)c1C. The van der Waals surface area contributed by atoms with Gasteiger partial charge in [-0.1, -0.05) is 41.7 Å². The molecule has 3 aromatic rings. The largest absolute Gasteiger partial charge is 0.324 e. The first kappa shape index (κ1) is 21.0. The summed E-state index contributed by atoms with van der Waals surface area (Å²) in [7, 11) is 0. The monoisotopic (exact) mass is 435 g/mol. The number of amides is 3. The number of aryl methyl sites for hydroxylation is 1. The Labute approximate surface area is 185 Å². The average Bonchev–Trinajstić information content (AvgIpc) is 3.28. The molecule has 1 fully saturated rings. The van der Waals surface area contributed by atoms with Gasteiger partial charge in [0.05, 0.1) is 0 Å². The van der Waals surface area contributed by atoms with Gasteiger partial charge in [0.15, 0.2) is 0 Å². The van der Waals surface area contributed by atoms with Gasteiger partial charge in [0, 0.05) is 30.4 Å². The molecule has 1 aromatic heterocycles. The molecule has 8 heteroatoms. The van der Waals surface area contributed by atoms with Gasteiger partial charge < -0.3 is 15.5 Å². The lowest BCUT2D eigenvalue weighted by atomic mass is 9.98. The third-order valence-electron chi connectivity index (χ3n) is 5.64. The summed E-state index contributed by atoms with van der Waals surface area (Å²) in [6.07, 6.45) is 1.60. The van der Waals surface area contributed by atoms with Crippen LogP contribution in [0.15, 0.2) is 48.5 Å². The second-order valence-corrected chi connectivity index (χ2v) is 8.71. The number of piperidine rings is 1. The first-order chi connectivity index (χ1) is 15.0. The number of aromatic nitrogens is 2. The molecule has 7 nitrogen and oxygen atoms in total. The van der Waals surface area contributed by atoms with Crippen LogP contribution >= 0.6 is 11.3 Å². The lowest BCUT2D eigenvalue weighted by molar-refractivity contribution is 0.102. The van der Waals surface area contributed by atoms with E-state index in [0.29, 0.717) is 18.1 Å². The maximum atomic E-state index is 12.7. The van der Waals surface area contributed by atoms with Gasteiger partial charge in [-0.05, 0) is 56.0 Å². The highest BCUT2D eigenvalue weighted by atomic mass is 32.1. The van der Waals surface area contributed by atoms with Gasteiger partial charge in [-0.25, -0.2) is 4.79 Å². The molecule has 3 amide bonds. The highest BCUT2D eigenvalue weighted by Gasteiger charge is 2.27. The molecule has 0 spiro atoms. The molecule has 2 N–H and O–H groups in total. The Morgan fingerprint density at radius 3 is 2.45 bits per heavy atom. The van der Waals surface area contributed by atoms with E-state index in [1.807, 2.05) is 67.3 Å². The lowest BCUT2D eigenvalue weighted by Crippen LogP contribution is -2.40. The topological polar surface area (TPSA) is 87.2 Å². The number of benzene rings is 2. The summed E-state index contributed by atoms with van der Waals surface area (Å²) in [5.41, 5.74) is 3.82. The lowest BCUT2D eigenvalue weighted by Gasteiger charge is -2.31. The summed E-state index contributed by atoms with van der Waals surface area (Å²) in [5, 5.41) is 15.4. The van der Waals surface area contributed by atoms with E-state index in [1.54, 1.807) is 0 Å². The molecule has 0 radical (unpaired) electrons. The van der Waals surface area contributed by atoms with Gasteiger partial charge in [-0.3, -0.25) is 4.79 Å². The van der Waals surface area contributed by atoms with Gasteiger partial charge in [0.25, 0.3) is 5.91 Å². The highest BCUT2D eigenvalue weighted by Crippen LogP contribution is 2.31. The molecule has 1 saturated heterocycles. The molecule has 0 aliphatic carbocycles. The molecule has 0 atom stereocenters. The van der Waals surface area contributed by atoms with E-state index in [-0.39, 0.29) is 17.9 Å². The van der Waals surface area contributed by atoms with Gasteiger partial charge in [0.2, 0.25) is 5.01 Å². The zero-order valence-corrected chi connectivity index (χ0v) is 18.4. The Morgan fingerprint density at radius 2 is 1.71 bits per heavy atom. The van der Waals surface area contributed by atoms with Crippen LogP contribution in [0.2, 0.25) is 0 Å². The van der Waals surface area contributed by atoms with Crippen LogP contribution in [0.4, 0.5) is 16.2 Å². The maximum absolute atomic E-state index is 12.7. The van der Waals surface area contributed by atoms with E-state index < -0.39 is 0 Å². The third-order valence-corrected chi connectivity index (χ3v) is 6.73. The van der Waals surface area contributed by atoms with Gasteiger partial charge >= 0.3 is 6.03 Å². The normalized spacial score (nSPS) is 14.3. The van der Waals surface area contributed by atoms with E-state index in [2.05, 4.69) is 20.8 Å². The number of nitrogens with zero attached hydrogens (tertiary/aromatic N) is 3. The van der Waals surface area contributed by atoms with E-state index in [0.717, 1.165) is 40.4 Å². The summed E-state index contributed by atoms with van der Waals surface area (Å²) in [4.78, 5) is 26.9. The smallest absolute Gasteiger partial charge is 0.321 e. The predicted molar refractivity (Wildman–Crippen MR) is 123 cm³/mol. The van der Waals surface area contributed by atoms with Crippen LogP contribution < -0.4 is 10.6 Å². The van der Waals surface area contributed by atoms with Gasteiger partial charge in [-0.2, -0.15) is 0 Å². The van der Waals surface area contributed by atoms with E-state index in [1.165, 1.54) is 11.3 Å². The van der Waals surface area contributed by atoms with Gasteiger partial charge in [-0.15, -0.1) is 10.2 Å². The van der Waals surface area contributed by atoms with Crippen LogP contribution in [0.3, 0.4) is 0 Å². The number of likely N-dealkylation sites (tertiary alicyclic amines) is 1. The second-order valence-electron chi connectivity index (χ2n) is 7.70. The molecule has 1 aliphatic heterocycles. The Morgan fingerprint density at radius 1 is 0.968 bits per heavy atom. The Bertz CT molecular complexity index is 1070. The molecule has 1 aliphatic rings. The van der Waals surface area contributed by atoms with Gasteiger partial charge in [0.1, 0.15) is 5.01 Å². The van der Waals surface area contributed by atoms with Crippen molar-refractivity contribution in [2.24, 2.45) is 0 Å². The molecule has 0 unspecified atom stereocenters. The number of anilines is 2.